The van der Waals surface area contributed by atoms with Gasteiger partial charge in [-0.15, -0.1) is 0 Å². The predicted molar refractivity (Wildman–Crippen MR) is 107 cm³/mol. The molecule has 2 aliphatic heterocycles. The lowest BCUT2D eigenvalue weighted by molar-refractivity contribution is -0.134. The molecule has 1 saturated carbocycles. The minimum atomic E-state index is -0.240. The molecule has 5 rings (SSSR count). The Kier molecular flexibility index (Phi) is 4.27. The van der Waals surface area contributed by atoms with Gasteiger partial charge >= 0.3 is 0 Å². The van der Waals surface area contributed by atoms with Crippen molar-refractivity contribution >= 4 is 5.91 Å². The van der Waals surface area contributed by atoms with Crippen LogP contribution < -0.4 is 0 Å². The quantitative estimate of drug-likeness (QED) is 0.805. The summed E-state index contributed by atoms with van der Waals surface area (Å²) in [5.41, 5.74) is 3.86. The van der Waals surface area contributed by atoms with E-state index in [0.29, 0.717) is 17.8 Å². The zero-order chi connectivity index (χ0) is 19.3. The normalized spacial score (nSPS) is 25.7. The number of fused-ring (bicyclic) bond motifs is 1. The third-order valence-electron chi connectivity index (χ3n) is 7.09. The molecule has 0 bridgehead atoms. The highest BCUT2D eigenvalue weighted by Gasteiger charge is 2.54. The summed E-state index contributed by atoms with van der Waals surface area (Å²) in [4.78, 5) is 17.9. The zero-order valence-corrected chi connectivity index (χ0v) is 16.4. The van der Waals surface area contributed by atoms with Crippen molar-refractivity contribution in [2.75, 3.05) is 26.7 Å². The van der Waals surface area contributed by atoms with E-state index in [9.17, 15) is 9.18 Å². The second-order valence-corrected chi connectivity index (χ2v) is 8.95. The smallest absolute Gasteiger partial charge is 0.223 e. The molecule has 0 radical (unpaired) electrons. The molecule has 0 unspecified atom stereocenters. The third kappa shape index (κ3) is 3.04. The Morgan fingerprint density at radius 3 is 2.64 bits per heavy atom. The largest absolute Gasteiger partial charge is 0.331 e. The zero-order valence-electron chi connectivity index (χ0n) is 16.4. The van der Waals surface area contributed by atoms with Crippen molar-refractivity contribution in [3.8, 4) is 0 Å². The molecule has 2 aromatic rings. The van der Waals surface area contributed by atoms with E-state index in [2.05, 4.69) is 30.1 Å². The van der Waals surface area contributed by atoms with Gasteiger partial charge in [0.2, 0.25) is 5.91 Å². The van der Waals surface area contributed by atoms with Gasteiger partial charge in [-0.25, -0.2) is 4.39 Å². The van der Waals surface area contributed by atoms with Crippen molar-refractivity contribution in [1.29, 1.82) is 0 Å². The molecular formula is C24H27FN2O. The van der Waals surface area contributed by atoms with Gasteiger partial charge in [0.15, 0.2) is 0 Å². The minimum absolute atomic E-state index is 0.118. The summed E-state index contributed by atoms with van der Waals surface area (Å²) in [6, 6.07) is 14.9. The second kappa shape index (κ2) is 6.70. The first kappa shape index (κ1) is 17.9. The Balaban J connectivity index is 1.45. The number of hydrogen-bond donors (Lipinski definition) is 0. The standard InChI is InChI=1S/C24H27FN2O/c1-26-15-19(24(16-26)11-12-24)14-22(28)27-13-10-17-4-2-3-5-21(17)23(27)18-6-8-20(25)9-7-18/h2-9,19,23H,10-16H2,1H3/t19-,23+/m0/s1. The van der Waals surface area contributed by atoms with Gasteiger partial charge in [0, 0.05) is 26.1 Å². The van der Waals surface area contributed by atoms with Gasteiger partial charge in [-0.05, 0) is 66.5 Å². The van der Waals surface area contributed by atoms with Crippen LogP contribution in [-0.4, -0.2) is 42.4 Å². The molecule has 1 spiro atoms. The SMILES string of the molecule is CN1C[C@H](CC(=O)N2CCc3ccccc3[C@H]2c2ccc(F)cc2)C2(CC2)C1. The fourth-order valence-electron chi connectivity index (χ4n) is 5.48. The Hall–Kier alpha value is -2.20. The maximum absolute atomic E-state index is 13.5. The van der Waals surface area contributed by atoms with Gasteiger partial charge in [0.05, 0.1) is 6.04 Å². The van der Waals surface area contributed by atoms with Crippen molar-refractivity contribution in [3.05, 3.63) is 71.0 Å². The molecular weight excluding hydrogens is 351 g/mol. The summed E-state index contributed by atoms with van der Waals surface area (Å²) in [6.45, 7) is 2.89. The molecule has 0 N–H and O–H groups in total. The molecule has 0 aromatic heterocycles. The van der Waals surface area contributed by atoms with Crippen molar-refractivity contribution in [2.45, 2.75) is 31.7 Å². The lowest BCUT2D eigenvalue weighted by Crippen LogP contribution is -2.41. The van der Waals surface area contributed by atoms with E-state index in [1.54, 1.807) is 0 Å². The number of rotatable bonds is 3. The van der Waals surface area contributed by atoms with Crippen LogP contribution in [0.3, 0.4) is 0 Å². The number of halogens is 1. The van der Waals surface area contributed by atoms with E-state index in [0.717, 1.165) is 31.6 Å². The summed E-state index contributed by atoms with van der Waals surface area (Å²) >= 11 is 0. The van der Waals surface area contributed by atoms with Crippen LogP contribution in [0.1, 0.15) is 42.0 Å². The Bertz CT molecular complexity index is 890. The summed E-state index contributed by atoms with van der Waals surface area (Å²) in [5, 5.41) is 0. The van der Waals surface area contributed by atoms with E-state index >= 15 is 0 Å². The number of likely N-dealkylation sites (tertiary alicyclic amines) is 1. The van der Waals surface area contributed by atoms with Crippen LogP contribution in [0.4, 0.5) is 4.39 Å². The monoisotopic (exact) mass is 378 g/mol. The molecule has 3 nitrogen and oxygen atoms in total. The summed E-state index contributed by atoms with van der Waals surface area (Å²) < 4.78 is 13.5. The van der Waals surface area contributed by atoms with E-state index in [1.807, 2.05) is 23.1 Å². The topological polar surface area (TPSA) is 23.6 Å². The van der Waals surface area contributed by atoms with Gasteiger partial charge in [-0.1, -0.05) is 36.4 Å². The molecule has 1 saturated heterocycles. The number of carbonyl (C=O) groups excluding carboxylic acids is 1. The van der Waals surface area contributed by atoms with Gasteiger partial charge in [0.25, 0.3) is 0 Å². The average molecular weight is 378 g/mol. The molecule has 4 heteroatoms. The van der Waals surface area contributed by atoms with Crippen LogP contribution in [0.2, 0.25) is 0 Å². The first-order chi connectivity index (χ1) is 13.6. The fourth-order valence-corrected chi connectivity index (χ4v) is 5.48. The van der Waals surface area contributed by atoms with Crippen molar-refractivity contribution < 1.29 is 9.18 Å². The predicted octanol–water partition coefficient (Wildman–Crippen LogP) is 4.03. The Labute approximate surface area is 166 Å². The third-order valence-corrected chi connectivity index (χ3v) is 7.09. The number of hydrogen-bond acceptors (Lipinski definition) is 2. The van der Waals surface area contributed by atoms with Gasteiger partial charge in [-0.3, -0.25) is 4.79 Å². The molecule has 2 atom stereocenters. The maximum atomic E-state index is 13.5. The van der Waals surface area contributed by atoms with E-state index in [4.69, 9.17) is 0 Å². The molecule has 1 aliphatic carbocycles. The summed E-state index contributed by atoms with van der Waals surface area (Å²) in [6.07, 6.45) is 4.04. The molecule has 1 amide bonds. The van der Waals surface area contributed by atoms with Crippen molar-refractivity contribution in [1.82, 2.24) is 9.80 Å². The lowest BCUT2D eigenvalue weighted by atomic mass is 9.86. The number of amides is 1. The summed E-state index contributed by atoms with van der Waals surface area (Å²) in [7, 11) is 2.17. The first-order valence-corrected chi connectivity index (χ1v) is 10.4. The molecule has 2 heterocycles. The first-order valence-electron chi connectivity index (χ1n) is 10.4. The van der Waals surface area contributed by atoms with Crippen molar-refractivity contribution in [2.24, 2.45) is 11.3 Å². The fraction of sp³-hybridized carbons (Fsp3) is 0.458. The van der Waals surface area contributed by atoms with Crippen LogP contribution in [0.25, 0.3) is 0 Å². The maximum Gasteiger partial charge on any atom is 0.223 e. The van der Waals surface area contributed by atoms with Gasteiger partial charge in [0.1, 0.15) is 5.82 Å². The lowest BCUT2D eigenvalue weighted by Gasteiger charge is -2.38. The van der Waals surface area contributed by atoms with Crippen molar-refractivity contribution in [3.63, 3.8) is 0 Å². The molecule has 28 heavy (non-hydrogen) atoms. The molecule has 2 fully saturated rings. The van der Waals surface area contributed by atoms with Gasteiger partial charge in [-0.2, -0.15) is 0 Å². The minimum Gasteiger partial charge on any atom is -0.331 e. The Morgan fingerprint density at radius 1 is 1.14 bits per heavy atom. The Morgan fingerprint density at radius 2 is 1.89 bits per heavy atom. The highest BCUT2D eigenvalue weighted by molar-refractivity contribution is 5.78. The van der Waals surface area contributed by atoms with Crippen LogP contribution in [0.5, 0.6) is 0 Å². The van der Waals surface area contributed by atoms with Crippen LogP contribution >= 0.6 is 0 Å². The number of benzene rings is 2. The number of nitrogens with zero attached hydrogens (tertiary/aromatic N) is 2. The van der Waals surface area contributed by atoms with Crippen LogP contribution in [0, 0.1) is 17.2 Å². The average Bonchev–Trinajstić information content (AvgIpc) is 3.40. The van der Waals surface area contributed by atoms with E-state index in [1.165, 1.54) is 36.1 Å². The number of carbonyl (C=O) groups is 1. The van der Waals surface area contributed by atoms with Gasteiger partial charge < -0.3 is 9.80 Å². The van der Waals surface area contributed by atoms with Crippen LogP contribution in [-0.2, 0) is 11.2 Å². The van der Waals surface area contributed by atoms with Crippen LogP contribution in [0.15, 0.2) is 48.5 Å². The van der Waals surface area contributed by atoms with E-state index in [-0.39, 0.29) is 17.8 Å². The molecule has 2 aromatic carbocycles. The second-order valence-electron chi connectivity index (χ2n) is 8.95. The summed E-state index contributed by atoms with van der Waals surface area (Å²) in [5.74, 6) is 0.474. The highest BCUT2D eigenvalue weighted by atomic mass is 19.1. The van der Waals surface area contributed by atoms with E-state index < -0.39 is 0 Å². The highest BCUT2D eigenvalue weighted by Crippen LogP contribution is 2.57. The molecule has 3 aliphatic rings. The molecule has 146 valence electrons.